The maximum atomic E-state index is 10.7. The molecule has 0 saturated carbocycles. The number of phenolic OH excluding ortho intramolecular Hbond substituents is 2. The zero-order chi connectivity index (χ0) is 22.3. The van der Waals surface area contributed by atoms with E-state index in [-0.39, 0.29) is 34.0 Å². The van der Waals surface area contributed by atoms with Gasteiger partial charge in [0, 0.05) is 35.4 Å². The molecule has 0 fully saturated rings. The SMILES string of the molecule is N=C(N/N=C\c1cc([N+](=O)[O-])ccc1O)C(=N)N/N=C\c1cc([N+](=O)[O-])ccc1O. The minimum absolute atomic E-state index is 0.0168. The Morgan fingerprint density at radius 1 is 0.833 bits per heavy atom. The van der Waals surface area contributed by atoms with Gasteiger partial charge in [-0.05, 0) is 12.1 Å². The fraction of sp³-hybridized carbons (Fsp3) is 0. The van der Waals surface area contributed by atoms with Crippen molar-refractivity contribution in [1.82, 2.24) is 10.9 Å². The van der Waals surface area contributed by atoms with Crippen LogP contribution >= 0.6 is 0 Å². The zero-order valence-corrected chi connectivity index (χ0v) is 14.9. The zero-order valence-electron chi connectivity index (χ0n) is 14.9. The Kier molecular flexibility index (Phi) is 6.68. The molecule has 0 atom stereocenters. The normalized spacial score (nSPS) is 10.8. The van der Waals surface area contributed by atoms with Crippen molar-refractivity contribution in [2.75, 3.05) is 0 Å². The molecule has 0 bridgehead atoms. The van der Waals surface area contributed by atoms with Crippen molar-refractivity contribution in [3.63, 3.8) is 0 Å². The number of benzene rings is 2. The van der Waals surface area contributed by atoms with Gasteiger partial charge in [-0.3, -0.25) is 41.9 Å². The molecule has 14 heteroatoms. The molecule has 0 unspecified atom stereocenters. The Morgan fingerprint density at radius 3 is 1.53 bits per heavy atom. The second-order valence-electron chi connectivity index (χ2n) is 5.49. The minimum Gasteiger partial charge on any atom is -0.507 e. The molecular weight excluding hydrogens is 400 g/mol. The molecule has 14 nitrogen and oxygen atoms in total. The number of hydrogen-bond acceptors (Lipinski definition) is 10. The predicted molar refractivity (Wildman–Crippen MR) is 106 cm³/mol. The molecule has 6 N–H and O–H groups in total. The van der Waals surface area contributed by atoms with Gasteiger partial charge in [0.1, 0.15) is 11.5 Å². The molecule has 30 heavy (non-hydrogen) atoms. The van der Waals surface area contributed by atoms with Crippen LogP contribution in [0.3, 0.4) is 0 Å². The lowest BCUT2D eigenvalue weighted by atomic mass is 10.2. The molecule has 0 aliphatic heterocycles. The summed E-state index contributed by atoms with van der Waals surface area (Å²) >= 11 is 0. The molecule has 0 aliphatic rings. The summed E-state index contributed by atoms with van der Waals surface area (Å²) in [5, 5.41) is 63.3. The molecule has 0 spiro atoms. The number of phenols is 2. The first-order valence-corrected chi connectivity index (χ1v) is 7.89. The van der Waals surface area contributed by atoms with E-state index in [2.05, 4.69) is 21.1 Å². The van der Waals surface area contributed by atoms with Crippen LogP contribution in [-0.2, 0) is 0 Å². The van der Waals surface area contributed by atoms with Gasteiger partial charge in [-0.15, -0.1) is 0 Å². The molecule has 2 rings (SSSR count). The van der Waals surface area contributed by atoms with Crippen molar-refractivity contribution in [2.45, 2.75) is 0 Å². The van der Waals surface area contributed by atoms with Crippen LogP contribution in [0.5, 0.6) is 11.5 Å². The van der Waals surface area contributed by atoms with E-state index in [1.165, 1.54) is 0 Å². The average molecular weight is 414 g/mol. The van der Waals surface area contributed by atoms with E-state index in [9.17, 15) is 30.4 Å². The number of rotatable bonds is 6. The van der Waals surface area contributed by atoms with Crippen LogP contribution in [-0.4, -0.2) is 44.2 Å². The lowest BCUT2D eigenvalue weighted by Crippen LogP contribution is -2.34. The average Bonchev–Trinajstić information content (AvgIpc) is 2.70. The van der Waals surface area contributed by atoms with Gasteiger partial charge in [0.15, 0.2) is 11.7 Å². The fourth-order valence-electron chi connectivity index (χ4n) is 1.96. The molecule has 0 radical (unpaired) electrons. The molecule has 0 aliphatic carbocycles. The highest BCUT2D eigenvalue weighted by molar-refractivity contribution is 6.37. The van der Waals surface area contributed by atoms with E-state index in [0.717, 1.165) is 48.8 Å². The molecule has 0 saturated heterocycles. The summed E-state index contributed by atoms with van der Waals surface area (Å²) in [5.74, 6) is -1.63. The summed E-state index contributed by atoms with van der Waals surface area (Å²) in [5.41, 5.74) is 3.83. The number of nitrogens with one attached hydrogen (secondary N) is 4. The van der Waals surface area contributed by atoms with Gasteiger partial charge in [-0.2, -0.15) is 10.2 Å². The fourth-order valence-corrected chi connectivity index (χ4v) is 1.96. The third-order valence-corrected chi connectivity index (χ3v) is 3.45. The third kappa shape index (κ3) is 5.56. The van der Waals surface area contributed by atoms with Gasteiger partial charge in [0.25, 0.3) is 11.4 Å². The van der Waals surface area contributed by atoms with Crippen LogP contribution in [0.1, 0.15) is 11.1 Å². The minimum atomic E-state index is -0.650. The van der Waals surface area contributed by atoms with Gasteiger partial charge in [0.2, 0.25) is 0 Å². The largest absolute Gasteiger partial charge is 0.507 e. The molecule has 0 heterocycles. The molecule has 154 valence electrons. The van der Waals surface area contributed by atoms with Crippen molar-refractivity contribution >= 4 is 35.5 Å². The highest BCUT2D eigenvalue weighted by Crippen LogP contribution is 2.22. The van der Waals surface area contributed by atoms with Gasteiger partial charge < -0.3 is 10.2 Å². The van der Waals surface area contributed by atoms with Crippen molar-refractivity contribution in [3.05, 3.63) is 67.8 Å². The summed E-state index contributed by atoms with van der Waals surface area (Å²) < 4.78 is 0. The monoisotopic (exact) mass is 414 g/mol. The van der Waals surface area contributed by atoms with Gasteiger partial charge in [0.05, 0.1) is 22.3 Å². The second kappa shape index (κ2) is 9.36. The van der Waals surface area contributed by atoms with E-state index in [0.29, 0.717) is 0 Å². The quantitative estimate of drug-likeness (QED) is 0.175. The molecule has 0 amide bonds. The van der Waals surface area contributed by atoms with Gasteiger partial charge in [-0.25, -0.2) is 0 Å². The van der Waals surface area contributed by atoms with Gasteiger partial charge >= 0.3 is 0 Å². The predicted octanol–water partition coefficient (Wildman–Crippen LogP) is 1.42. The van der Waals surface area contributed by atoms with Crippen LogP contribution in [0.25, 0.3) is 0 Å². The van der Waals surface area contributed by atoms with Crippen molar-refractivity contribution in [2.24, 2.45) is 10.2 Å². The standard InChI is InChI=1S/C16H14N8O6/c17-15(21-19-7-9-5-11(23(27)28)1-3-13(9)25)16(18)22-20-8-10-6-12(24(29)30)2-4-14(10)26/h1-8,25-26H,(H2,17,21)(H2,18,22)/b19-7-,20-8-. The highest BCUT2D eigenvalue weighted by atomic mass is 16.6. The maximum Gasteiger partial charge on any atom is 0.270 e. The number of nitro benzene ring substituents is 2. The lowest BCUT2D eigenvalue weighted by molar-refractivity contribution is -0.385. The Labute approximate surface area is 167 Å². The van der Waals surface area contributed by atoms with Crippen molar-refractivity contribution in [3.8, 4) is 11.5 Å². The molecule has 2 aromatic carbocycles. The number of nitrogens with zero attached hydrogens (tertiary/aromatic N) is 4. The first kappa shape index (κ1) is 21.4. The molecule has 0 aromatic heterocycles. The number of non-ortho nitro benzene ring substituents is 2. The van der Waals surface area contributed by atoms with E-state index in [1.807, 2.05) is 0 Å². The van der Waals surface area contributed by atoms with E-state index < -0.39 is 21.5 Å². The van der Waals surface area contributed by atoms with Crippen molar-refractivity contribution in [1.29, 1.82) is 10.8 Å². The smallest absolute Gasteiger partial charge is 0.270 e. The number of nitro groups is 2. The summed E-state index contributed by atoms with van der Waals surface area (Å²) in [6, 6.07) is 6.60. The van der Waals surface area contributed by atoms with Crippen LogP contribution in [0.4, 0.5) is 11.4 Å². The number of amidine groups is 2. The number of hydrazone groups is 2. The first-order valence-electron chi connectivity index (χ1n) is 7.89. The second-order valence-corrected chi connectivity index (χ2v) is 5.49. The summed E-state index contributed by atoms with van der Waals surface area (Å²) in [6.07, 6.45) is 2.04. The summed E-state index contributed by atoms with van der Waals surface area (Å²) in [4.78, 5) is 20.2. The van der Waals surface area contributed by atoms with Crippen molar-refractivity contribution < 1.29 is 20.1 Å². The molecular formula is C16H14N8O6. The molecule has 2 aromatic rings. The van der Waals surface area contributed by atoms with E-state index >= 15 is 0 Å². The lowest BCUT2D eigenvalue weighted by Gasteiger charge is -2.04. The Bertz CT molecular complexity index is 996. The van der Waals surface area contributed by atoms with Crippen LogP contribution in [0.2, 0.25) is 0 Å². The Balaban J connectivity index is 1.97. The van der Waals surface area contributed by atoms with Crippen LogP contribution in [0.15, 0.2) is 46.6 Å². The number of hydrogen-bond donors (Lipinski definition) is 6. The third-order valence-electron chi connectivity index (χ3n) is 3.45. The van der Waals surface area contributed by atoms with Crippen LogP contribution in [0, 0.1) is 31.0 Å². The first-order chi connectivity index (χ1) is 14.2. The number of aromatic hydroxyl groups is 2. The van der Waals surface area contributed by atoms with E-state index in [1.54, 1.807) is 0 Å². The van der Waals surface area contributed by atoms with E-state index in [4.69, 9.17) is 10.8 Å². The highest BCUT2D eigenvalue weighted by Gasteiger charge is 2.10. The Hall–Kier alpha value is -4.88. The maximum absolute atomic E-state index is 10.7. The summed E-state index contributed by atoms with van der Waals surface area (Å²) in [7, 11) is 0. The van der Waals surface area contributed by atoms with Crippen LogP contribution < -0.4 is 10.9 Å². The Morgan fingerprint density at radius 2 is 1.20 bits per heavy atom. The topological polar surface area (TPSA) is 223 Å². The summed E-state index contributed by atoms with van der Waals surface area (Å²) in [6.45, 7) is 0. The van der Waals surface area contributed by atoms with Gasteiger partial charge in [-0.1, -0.05) is 0 Å².